The third kappa shape index (κ3) is 3.82. The molecular formula is C18H24N3O3+. The zero-order chi connectivity index (χ0) is 17.1. The van der Waals surface area contributed by atoms with Crippen LogP contribution in [0, 0.1) is 0 Å². The zero-order valence-electron chi connectivity index (χ0n) is 13.9. The van der Waals surface area contributed by atoms with Gasteiger partial charge in [-0.3, -0.25) is 14.4 Å². The van der Waals surface area contributed by atoms with Gasteiger partial charge in [0.1, 0.15) is 6.04 Å². The predicted octanol–water partition coefficient (Wildman–Crippen LogP) is 0.591. The first-order valence-corrected chi connectivity index (χ1v) is 8.59. The Kier molecular flexibility index (Phi) is 4.94. The van der Waals surface area contributed by atoms with Gasteiger partial charge in [-0.25, -0.2) is 0 Å². The first-order valence-electron chi connectivity index (χ1n) is 8.59. The molecule has 2 amide bonds. The summed E-state index contributed by atoms with van der Waals surface area (Å²) in [5, 5.41) is 7.94. The second-order valence-corrected chi connectivity index (χ2v) is 6.75. The number of Topliss-reactive ketones (excluding diaryl/α,β-unsaturated/α-hetero) is 1. The van der Waals surface area contributed by atoms with Crippen molar-refractivity contribution in [1.29, 1.82) is 0 Å². The predicted molar refractivity (Wildman–Crippen MR) is 89.6 cm³/mol. The van der Waals surface area contributed by atoms with Crippen molar-refractivity contribution in [2.24, 2.45) is 0 Å². The first-order chi connectivity index (χ1) is 11.5. The van der Waals surface area contributed by atoms with Crippen LogP contribution in [-0.2, 0) is 9.59 Å². The summed E-state index contributed by atoms with van der Waals surface area (Å²) in [5.74, 6) is -0.236. The van der Waals surface area contributed by atoms with Crippen molar-refractivity contribution in [2.45, 2.75) is 57.2 Å². The van der Waals surface area contributed by atoms with E-state index in [2.05, 4.69) is 16.0 Å². The molecule has 0 unspecified atom stereocenters. The highest BCUT2D eigenvalue weighted by Gasteiger charge is 2.40. The molecule has 2 aliphatic rings. The van der Waals surface area contributed by atoms with E-state index in [1.54, 1.807) is 24.3 Å². The molecule has 1 aromatic carbocycles. The van der Waals surface area contributed by atoms with Crippen molar-refractivity contribution in [3.8, 4) is 0 Å². The number of anilines is 1. The van der Waals surface area contributed by atoms with Crippen LogP contribution in [0.5, 0.6) is 0 Å². The van der Waals surface area contributed by atoms with E-state index in [0.29, 0.717) is 17.3 Å². The number of piperazine rings is 1. The van der Waals surface area contributed by atoms with Gasteiger partial charge in [-0.2, -0.15) is 0 Å². The van der Waals surface area contributed by atoms with E-state index < -0.39 is 0 Å². The van der Waals surface area contributed by atoms with Crippen LogP contribution in [-0.4, -0.2) is 35.7 Å². The van der Waals surface area contributed by atoms with Gasteiger partial charge in [0.15, 0.2) is 11.8 Å². The summed E-state index contributed by atoms with van der Waals surface area (Å²) in [7, 11) is 0. The molecular weight excluding hydrogens is 306 g/mol. The van der Waals surface area contributed by atoms with E-state index in [-0.39, 0.29) is 36.1 Å². The Hall–Kier alpha value is -2.21. The molecule has 1 saturated carbocycles. The Bertz CT molecular complexity index is 641. The summed E-state index contributed by atoms with van der Waals surface area (Å²) in [5.41, 5.74) is 1.24. The van der Waals surface area contributed by atoms with Gasteiger partial charge in [0, 0.05) is 17.7 Å². The highest BCUT2D eigenvalue weighted by atomic mass is 16.2. The first kappa shape index (κ1) is 16.6. The number of rotatable bonds is 4. The molecule has 0 radical (unpaired) electrons. The lowest BCUT2D eigenvalue weighted by Gasteiger charge is -2.37. The van der Waals surface area contributed by atoms with Crippen LogP contribution in [0.15, 0.2) is 24.3 Å². The maximum atomic E-state index is 12.2. The van der Waals surface area contributed by atoms with Crippen molar-refractivity contribution in [2.75, 3.05) is 5.32 Å². The fourth-order valence-corrected chi connectivity index (χ4v) is 3.61. The smallest absolute Gasteiger partial charge is 0.279 e. The highest BCUT2D eigenvalue weighted by molar-refractivity contribution is 5.97. The number of hydrogen-bond donors (Lipinski definition) is 3. The van der Waals surface area contributed by atoms with Crippen molar-refractivity contribution in [3.63, 3.8) is 0 Å². The monoisotopic (exact) mass is 330 g/mol. The molecule has 128 valence electrons. The average Bonchev–Trinajstić information content (AvgIpc) is 2.56. The molecule has 1 saturated heterocycles. The van der Waals surface area contributed by atoms with Crippen LogP contribution in [0.25, 0.3) is 0 Å². The molecule has 3 atom stereocenters. The summed E-state index contributed by atoms with van der Waals surface area (Å²) < 4.78 is 0. The van der Waals surface area contributed by atoms with Crippen LogP contribution in [0.2, 0.25) is 0 Å². The molecule has 6 heteroatoms. The van der Waals surface area contributed by atoms with Crippen LogP contribution < -0.4 is 16.0 Å². The molecule has 1 aliphatic carbocycles. The number of carbonyl (C=O) groups is 3. The van der Waals surface area contributed by atoms with E-state index in [1.807, 2.05) is 0 Å². The fraction of sp³-hybridized carbons (Fsp3) is 0.500. The highest BCUT2D eigenvalue weighted by Crippen LogP contribution is 2.18. The largest absolute Gasteiger partial charge is 0.342 e. The Labute approximate surface area is 141 Å². The van der Waals surface area contributed by atoms with Crippen LogP contribution >= 0.6 is 0 Å². The third-order valence-electron chi connectivity index (χ3n) is 4.94. The van der Waals surface area contributed by atoms with Crippen molar-refractivity contribution in [1.82, 2.24) is 5.32 Å². The Morgan fingerprint density at radius 3 is 2.62 bits per heavy atom. The summed E-state index contributed by atoms with van der Waals surface area (Å²) in [6.07, 6.45) is 4.64. The van der Waals surface area contributed by atoms with Crippen molar-refractivity contribution in [3.05, 3.63) is 29.8 Å². The SMILES string of the molecule is CC(=O)c1ccc(NC(=O)C[C@H]2[NH2+][C@H]3CCCC[C@H]3NC2=O)cc1. The lowest BCUT2D eigenvalue weighted by atomic mass is 9.87. The van der Waals surface area contributed by atoms with Gasteiger partial charge in [-0.15, -0.1) is 0 Å². The van der Waals surface area contributed by atoms with Gasteiger partial charge in [0.05, 0.1) is 12.5 Å². The molecule has 0 bridgehead atoms. The summed E-state index contributed by atoms with van der Waals surface area (Å²) in [6, 6.07) is 7.07. The number of amides is 2. The summed E-state index contributed by atoms with van der Waals surface area (Å²) in [4.78, 5) is 35.7. The van der Waals surface area contributed by atoms with E-state index in [0.717, 1.165) is 19.3 Å². The Balaban J connectivity index is 1.56. The number of ketones is 1. The van der Waals surface area contributed by atoms with E-state index >= 15 is 0 Å². The van der Waals surface area contributed by atoms with Gasteiger partial charge in [0.25, 0.3) is 5.91 Å². The second-order valence-electron chi connectivity index (χ2n) is 6.75. The van der Waals surface area contributed by atoms with E-state index in [9.17, 15) is 14.4 Å². The maximum absolute atomic E-state index is 12.2. The van der Waals surface area contributed by atoms with E-state index in [1.165, 1.54) is 13.3 Å². The number of fused-ring (bicyclic) bond motifs is 1. The molecule has 0 aromatic heterocycles. The number of nitrogens with one attached hydrogen (secondary N) is 2. The maximum Gasteiger partial charge on any atom is 0.279 e. The van der Waals surface area contributed by atoms with Gasteiger partial charge >= 0.3 is 0 Å². The molecule has 1 aliphatic heterocycles. The normalized spacial score (nSPS) is 26.2. The molecule has 24 heavy (non-hydrogen) atoms. The van der Waals surface area contributed by atoms with Gasteiger partial charge in [-0.1, -0.05) is 6.42 Å². The topological polar surface area (TPSA) is 91.9 Å². The fourth-order valence-electron chi connectivity index (χ4n) is 3.61. The quantitative estimate of drug-likeness (QED) is 0.706. The zero-order valence-corrected chi connectivity index (χ0v) is 13.9. The van der Waals surface area contributed by atoms with Gasteiger partial charge < -0.3 is 16.0 Å². The molecule has 6 nitrogen and oxygen atoms in total. The summed E-state index contributed by atoms with van der Waals surface area (Å²) in [6.45, 7) is 1.50. The van der Waals surface area contributed by atoms with Crippen LogP contribution in [0.3, 0.4) is 0 Å². The average molecular weight is 330 g/mol. The summed E-state index contributed by atoms with van der Waals surface area (Å²) >= 11 is 0. The minimum atomic E-state index is -0.360. The van der Waals surface area contributed by atoms with Crippen molar-refractivity contribution < 1.29 is 19.7 Å². The lowest BCUT2D eigenvalue weighted by Crippen LogP contribution is -3.03. The van der Waals surface area contributed by atoms with Crippen LogP contribution in [0.4, 0.5) is 5.69 Å². The number of carbonyl (C=O) groups excluding carboxylic acids is 3. The Morgan fingerprint density at radius 1 is 1.21 bits per heavy atom. The third-order valence-corrected chi connectivity index (χ3v) is 4.94. The Morgan fingerprint density at radius 2 is 1.92 bits per heavy atom. The molecule has 1 heterocycles. The minimum Gasteiger partial charge on any atom is -0.342 e. The van der Waals surface area contributed by atoms with E-state index in [4.69, 9.17) is 0 Å². The standard InChI is InChI=1S/C18H23N3O3/c1-11(22)12-6-8-13(9-7-12)19-17(23)10-16-18(24)21-15-5-3-2-4-14(15)20-16/h6-9,14-16,20H,2-5,10H2,1H3,(H,19,23)(H,21,24)/p+1/t14-,15+,16+/m0/s1. The van der Waals surface area contributed by atoms with Crippen molar-refractivity contribution >= 4 is 23.3 Å². The lowest BCUT2D eigenvalue weighted by molar-refractivity contribution is -0.718. The molecule has 3 rings (SSSR count). The molecule has 4 N–H and O–H groups in total. The molecule has 1 aromatic rings. The molecule has 0 spiro atoms. The number of hydrogen-bond acceptors (Lipinski definition) is 3. The minimum absolute atomic E-state index is 0.0108. The number of quaternary nitrogens is 1. The molecule has 2 fully saturated rings. The van der Waals surface area contributed by atoms with Gasteiger partial charge in [-0.05, 0) is 44.0 Å². The number of benzene rings is 1. The second kappa shape index (κ2) is 7.13. The van der Waals surface area contributed by atoms with Crippen LogP contribution in [0.1, 0.15) is 49.4 Å². The number of nitrogens with two attached hydrogens (primary N) is 1. The van der Waals surface area contributed by atoms with Gasteiger partial charge in [0.2, 0.25) is 5.91 Å².